The van der Waals surface area contributed by atoms with Crippen molar-refractivity contribution in [3.8, 4) is 5.75 Å². The van der Waals surface area contributed by atoms with E-state index in [0.717, 1.165) is 35.6 Å². The molecule has 3 N–H and O–H groups in total. The average Bonchev–Trinajstić information content (AvgIpc) is 3.37. The van der Waals surface area contributed by atoms with E-state index < -0.39 is 0 Å². The molecule has 0 radical (unpaired) electrons. The van der Waals surface area contributed by atoms with Crippen LogP contribution in [0.2, 0.25) is 0 Å². The number of imidazole rings is 1. The number of H-pyrrole nitrogens is 1. The van der Waals surface area contributed by atoms with Crippen molar-refractivity contribution in [2.24, 2.45) is 5.92 Å². The number of aromatic nitrogens is 2. The van der Waals surface area contributed by atoms with Gasteiger partial charge in [-0.1, -0.05) is 13.8 Å². The lowest BCUT2D eigenvalue weighted by Crippen LogP contribution is -2.29. The zero-order chi connectivity index (χ0) is 22.9. The van der Waals surface area contributed by atoms with Gasteiger partial charge >= 0.3 is 0 Å². The molecule has 33 heavy (non-hydrogen) atoms. The molecule has 0 bridgehead atoms. The Morgan fingerprint density at radius 3 is 2.52 bits per heavy atom. The molecule has 0 saturated carbocycles. The predicted molar refractivity (Wildman–Crippen MR) is 134 cm³/mol. The predicted octanol–water partition coefficient (Wildman–Crippen LogP) is 5.35. The molecule has 0 unspecified atom stereocenters. The number of fused-ring (bicyclic) bond motifs is 1. The van der Waals surface area contributed by atoms with Crippen LogP contribution in [0.4, 0.5) is 11.4 Å². The molecule has 0 spiro atoms. The highest BCUT2D eigenvalue weighted by molar-refractivity contribution is 6.30. The number of nitrogens with zero attached hydrogens (tertiary/aromatic N) is 3. The van der Waals surface area contributed by atoms with Crippen LogP contribution in [0.3, 0.4) is 0 Å². The third kappa shape index (κ3) is 4.27. The third-order valence-corrected chi connectivity index (χ3v) is 6.26. The number of aromatic amines is 1. The van der Waals surface area contributed by atoms with Crippen molar-refractivity contribution >= 4 is 33.8 Å². The van der Waals surface area contributed by atoms with Gasteiger partial charge in [0.2, 0.25) is 0 Å². The molecular formula is C26H31N5O2. The van der Waals surface area contributed by atoms with E-state index >= 15 is 0 Å². The lowest BCUT2D eigenvalue weighted by molar-refractivity contribution is 0.271. The van der Waals surface area contributed by atoms with Gasteiger partial charge in [-0.3, -0.25) is 5.41 Å². The summed E-state index contributed by atoms with van der Waals surface area (Å²) in [4.78, 5) is 12.2. The van der Waals surface area contributed by atoms with E-state index in [0.29, 0.717) is 23.9 Å². The van der Waals surface area contributed by atoms with E-state index in [-0.39, 0.29) is 18.1 Å². The third-order valence-electron chi connectivity index (χ3n) is 6.26. The Hall–Kier alpha value is -3.48. The molecule has 0 aliphatic carbocycles. The Morgan fingerprint density at radius 2 is 1.79 bits per heavy atom. The summed E-state index contributed by atoms with van der Waals surface area (Å²) < 4.78 is 5.76. The molecule has 7 heteroatoms. The number of hydrogen-bond acceptors (Lipinski definition) is 5. The summed E-state index contributed by atoms with van der Waals surface area (Å²) in [6, 6.07) is 13.9. The fraction of sp³-hybridized carbons (Fsp3) is 0.385. The smallest absolute Gasteiger partial charge is 0.145 e. The van der Waals surface area contributed by atoms with Crippen molar-refractivity contribution in [1.29, 1.82) is 5.41 Å². The zero-order valence-electron chi connectivity index (χ0n) is 19.3. The second-order valence-electron chi connectivity index (χ2n) is 9.29. The molecule has 1 saturated heterocycles. The number of rotatable bonds is 6. The van der Waals surface area contributed by atoms with E-state index in [2.05, 4.69) is 40.8 Å². The Labute approximate surface area is 194 Å². The number of hydrogen-bond donors (Lipinski definition) is 3. The number of anilines is 2. The van der Waals surface area contributed by atoms with Gasteiger partial charge in [0.1, 0.15) is 23.2 Å². The molecule has 1 fully saturated rings. The molecule has 0 amide bonds. The number of aliphatic hydroxyl groups excluding tert-OH is 1. The van der Waals surface area contributed by atoms with E-state index in [1.54, 1.807) is 4.90 Å². The Bertz CT molecular complexity index is 1190. The summed E-state index contributed by atoms with van der Waals surface area (Å²) in [5.74, 6) is 2.18. The van der Waals surface area contributed by atoms with E-state index in [4.69, 9.17) is 10.1 Å². The van der Waals surface area contributed by atoms with Gasteiger partial charge in [0.05, 0.1) is 29.8 Å². The SMILES string of the molecule is CC(C)COc1ccc(N2CC(O)=C(c3nc4ccc(N5CCCCC5)cc4[nH]3)C2=N)cc1. The first kappa shape index (κ1) is 21.4. The summed E-state index contributed by atoms with van der Waals surface area (Å²) in [5.41, 5.74) is 4.24. The molecule has 5 rings (SSSR count). The number of nitrogens with one attached hydrogen (secondary N) is 2. The van der Waals surface area contributed by atoms with Crippen molar-refractivity contribution in [3.63, 3.8) is 0 Å². The first-order valence-electron chi connectivity index (χ1n) is 11.8. The van der Waals surface area contributed by atoms with Gasteiger partial charge in [-0.25, -0.2) is 4.98 Å². The number of aliphatic hydroxyl groups is 1. The largest absolute Gasteiger partial charge is 0.509 e. The van der Waals surface area contributed by atoms with Crippen molar-refractivity contribution in [3.05, 3.63) is 54.0 Å². The van der Waals surface area contributed by atoms with Gasteiger partial charge in [-0.15, -0.1) is 0 Å². The van der Waals surface area contributed by atoms with E-state index in [1.165, 1.54) is 24.9 Å². The topological polar surface area (TPSA) is 88.5 Å². The maximum absolute atomic E-state index is 10.7. The monoisotopic (exact) mass is 445 g/mol. The number of piperidine rings is 1. The van der Waals surface area contributed by atoms with Crippen LogP contribution >= 0.6 is 0 Å². The molecule has 0 atom stereocenters. The van der Waals surface area contributed by atoms with Gasteiger partial charge in [-0.2, -0.15) is 0 Å². The highest BCUT2D eigenvalue weighted by Crippen LogP contribution is 2.32. The molecule has 1 aromatic heterocycles. The quantitative estimate of drug-likeness (QED) is 0.476. The number of ether oxygens (including phenoxy) is 1. The molecule has 2 aromatic carbocycles. The van der Waals surface area contributed by atoms with Crippen LogP contribution in [0, 0.1) is 11.3 Å². The Morgan fingerprint density at radius 1 is 1.06 bits per heavy atom. The molecule has 2 aliphatic heterocycles. The molecule has 7 nitrogen and oxygen atoms in total. The highest BCUT2D eigenvalue weighted by atomic mass is 16.5. The van der Waals surface area contributed by atoms with Crippen LogP contribution in [-0.2, 0) is 0 Å². The fourth-order valence-electron chi connectivity index (χ4n) is 4.50. The summed E-state index contributed by atoms with van der Waals surface area (Å²) in [6.07, 6.45) is 3.75. The fourth-order valence-corrected chi connectivity index (χ4v) is 4.50. The Kier molecular flexibility index (Phi) is 5.70. The van der Waals surface area contributed by atoms with Gasteiger partial charge in [0.15, 0.2) is 0 Å². The zero-order valence-corrected chi connectivity index (χ0v) is 19.3. The summed E-state index contributed by atoms with van der Waals surface area (Å²) in [6.45, 7) is 7.30. The minimum Gasteiger partial charge on any atom is -0.509 e. The first-order valence-corrected chi connectivity index (χ1v) is 11.8. The maximum atomic E-state index is 10.7. The molecule has 2 aliphatic rings. The second-order valence-corrected chi connectivity index (χ2v) is 9.29. The standard InChI is InChI=1S/C26H31N5O2/c1-17(2)16-33-20-9-6-18(7-10-20)31-15-23(32)24(25(31)27)26-28-21-11-8-19(14-22(21)29-26)30-12-4-3-5-13-30/h6-11,14,17,27,32H,3-5,12-13,15-16H2,1-2H3,(H,28,29). The highest BCUT2D eigenvalue weighted by Gasteiger charge is 2.31. The Balaban J connectivity index is 1.36. The lowest BCUT2D eigenvalue weighted by atomic mass is 10.1. The van der Waals surface area contributed by atoms with Gasteiger partial charge < -0.3 is 24.6 Å². The van der Waals surface area contributed by atoms with E-state index in [1.807, 2.05) is 30.3 Å². The number of amidine groups is 1. The van der Waals surface area contributed by atoms with Crippen LogP contribution in [-0.4, -0.2) is 47.2 Å². The minimum atomic E-state index is 0.149. The average molecular weight is 446 g/mol. The molecular weight excluding hydrogens is 414 g/mol. The van der Waals surface area contributed by atoms with Crippen molar-refractivity contribution in [1.82, 2.24) is 9.97 Å². The summed E-state index contributed by atoms with van der Waals surface area (Å²) in [7, 11) is 0. The lowest BCUT2D eigenvalue weighted by Gasteiger charge is -2.28. The van der Waals surface area contributed by atoms with Crippen molar-refractivity contribution in [2.45, 2.75) is 33.1 Å². The van der Waals surface area contributed by atoms with Crippen LogP contribution in [0.15, 0.2) is 48.2 Å². The minimum absolute atomic E-state index is 0.149. The van der Waals surface area contributed by atoms with Crippen molar-refractivity contribution < 1.29 is 9.84 Å². The first-order chi connectivity index (χ1) is 16.0. The summed E-state index contributed by atoms with van der Waals surface area (Å²) in [5, 5.41) is 19.5. The van der Waals surface area contributed by atoms with Crippen LogP contribution in [0.1, 0.15) is 38.9 Å². The molecule has 3 heterocycles. The van der Waals surface area contributed by atoms with Crippen LogP contribution < -0.4 is 14.5 Å². The van der Waals surface area contributed by atoms with Crippen LogP contribution in [0.5, 0.6) is 5.75 Å². The summed E-state index contributed by atoms with van der Waals surface area (Å²) >= 11 is 0. The second kappa shape index (κ2) is 8.81. The maximum Gasteiger partial charge on any atom is 0.145 e. The molecule has 172 valence electrons. The van der Waals surface area contributed by atoms with Crippen molar-refractivity contribution in [2.75, 3.05) is 36.0 Å². The van der Waals surface area contributed by atoms with Gasteiger partial charge in [0.25, 0.3) is 0 Å². The normalized spacial score (nSPS) is 17.0. The van der Waals surface area contributed by atoms with Gasteiger partial charge in [-0.05, 0) is 67.6 Å². The van der Waals surface area contributed by atoms with Crippen LogP contribution in [0.25, 0.3) is 16.6 Å². The molecule has 3 aromatic rings. The van der Waals surface area contributed by atoms with Gasteiger partial charge in [0, 0.05) is 24.5 Å². The van der Waals surface area contributed by atoms with E-state index in [9.17, 15) is 5.11 Å². The number of benzene rings is 2.